The van der Waals surface area contributed by atoms with Gasteiger partial charge in [-0.1, -0.05) is 30.3 Å². The lowest BCUT2D eigenvalue weighted by Crippen LogP contribution is -2.39. The van der Waals surface area contributed by atoms with E-state index < -0.39 is 0 Å². The van der Waals surface area contributed by atoms with E-state index in [1.165, 1.54) is 24.9 Å². The molecule has 1 aromatic carbocycles. The Kier molecular flexibility index (Phi) is 3.64. The lowest BCUT2D eigenvalue weighted by Gasteiger charge is -2.24. The van der Waals surface area contributed by atoms with Crippen LogP contribution >= 0.6 is 0 Å². The minimum Gasteiger partial charge on any atom is -0.371 e. The number of nitrogens with zero attached hydrogens (tertiary/aromatic N) is 1. The van der Waals surface area contributed by atoms with E-state index in [9.17, 15) is 0 Å². The first kappa shape index (κ1) is 12.2. The zero-order chi connectivity index (χ0) is 12.4. The van der Waals surface area contributed by atoms with E-state index in [2.05, 4.69) is 29.2 Å². The maximum atomic E-state index is 6.09. The second kappa shape index (κ2) is 5.39. The first-order valence-electron chi connectivity index (χ1n) is 6.96. The highest BCUT2D eigenvalue weighted by molar-refractivity contribution is 5.18. The van der Waals surface area contributed by atoms with E-state index in [1.807, 2.05) is 6.07 Å². The van der Waals surface area contributed by atoms with Crippen molar-refractivity contribution in [3.8, 4) is 0 Å². The molecule has 0 amide bonds. The molecule has 1 aliphatic carbocycles. The summed E-state index contributed by atoms with van der Waals surface area (Å²) >= 11 is 0. The molecule has 3 rings (SSSR count). The van der Waals surface area contributed by atoms with Gasteiger partial charge in [-0.05, 0) is 24.3 Å². The Morgan fingerprint density at radius 3 is 2.67 bits per heavy atom. The summed E-state index contributed by atoms with van der Waals surface area (Å²) in [4.78, 5) is 2.49. The Labute approximate surface area is 109 Å². The second-order valence-electron chi connectivity index (χ2n) is 5.65. The van der Waals surface area contributed by atoms with Gasteiger partial charge in [-0.15, -0.1) is 0 Å². The molecule has 3 heteroatoms. The van der Waals surface area contributed by atoms with Gasteiger partial charge in [0.25, 0.3) is 0 Å². The molecule has 0 spiro atoms. The minimum atomic E-state index is 0.150. The Morgan fingerprint density at radius 2 is 1.94 bits per heavy atom. The van der Waals surface area contributed by atoms with Gasteiger partial charge >= 0.3 is 0 Å². The SMILES string of the molecule is NC1COC(c2ccccc2)CN(CC2CC2)C1. The van der Waals surface area contributed by atoms with E-state index in [4.69, 9.17) is 10.5 Å². The van der Waals surface area contributed by atoms with Crippen LogP contribution in [0.5, 0.6) is 0 Å². The van der Waals surface area contributed by atoms with E-state index in [0.29, 0.717) is 6.61 Å². The molecule has 2 atom stereocenters. The highest BCUT2D eigenvalue weighted by Crippen LogP contribution is 2.31. The molecule has 2 N–H and O–H groups in total. The zero-order valence-corrected chi connectivity index (χ0v) is 10.8. The van der Waals surface area contributed by atoms with Crippen LogP contribution in [-0.2, 0) is 4.74 Å². The van der Waals surface area contributed by atoms with Crippen molar-refractivity contribution in [2.24, 2.45) is 11.7 Å². The summed E-state index contributed by atoms with van der Waals surface area (Å²) in [6, 6.07) is 10.7. The molecule has 0 aromatic heterocycles. The number of hydrogen-bond donors (Lipinski definition) is 1. The molecule has 1 saturated carbocycles. The van der Waals surface area contributed by atoms with Crippen LogP contribution in [0.2, 0.25) is 0 Å². The van der Waals surface area contributed by atoms with Crippen LogP contribution in [0, 0.1) is 5.92 Å². The first-order valence-corrected chi connectivity index (χ1v) is 6.96. The van der Waals surface area contributed by atoms with Gasteiger partial charge in [0, 0.05) is 25.7 Å². The normalized spacial score (nSPS) is 30.1. The van der Waals surface area contributed by atoms with Crippen molar-refractivity contribution >= 4 is 0 Å². The summed E-state index contributed by atoms with van der Waals surface area (Å²) in [6.45, 7) is 3.81. The number of ether oxygens (including phenoxy) is 1. The molecular weight excluding hydrogens is 224 g/mol. The highest BCUT2D eigenvalue weighted by Gasteiger charge is 2.29. The van der Waals surface area contributed by atoms with E-state index in [-0.39, 0.29) is 12.1 Å². The molecule has 1 saturated heterocycles. The summed E-state index contributed by atoms with van der Waals surface area (Å²) < 4.78 is 5.97. The van der Waals surface area contributed by atoms with Crippen LogP contribution in [0.15, 0.2) is 30.3 Å². The fourth-order valence-corrected chi connectivity index (χ4v) is 2.67. The molecule has 0 radical (unpaired) electrons. The monoisotopic (exact) mass is 246 g/mol. The van der Waals surface area contributed by atoms with Gasteiger partial charge in [-0.25, -0.2) is 0 Å². The van der Waals surface area contributed by atoms with Gasteiger partial charge < -0.3 is 10.5 Å². The van der Waals surface area contributed by atoms with E-state index >= 15 is 0 Å². The summed E-state index contributed by atoms with van der Waals surface area (Å²) in [6.07, 6.45) is 2.96. The van der Waals surface area contributed by atoms with Gasteiger partial charge in [-0.3, -0.25) is 4.90 Å². The molecule has 2 unspecified atom stereocenters. The van der Waals surface area contributed by atoms with Crippen LogP contribution in [0.1, 0.15) is 24.5 Å². The van der Waals surface area contributed by atoms with Crippen molar-refractivity contribution in [3.63, 3.8) is 0 Å². The Balaban J connectivity index is 1.69. The summed E-state index contributed by atoms with van der Waals surface area (Å²) in [7, 11) is 0. The van der Waals surface area contributed by atoms with Gasteiger partial charge in [0.15, 0.2) is 0 Å². The van der Waals surface area contributed by atoms with Crippen molar-refractivity contribution in [1.29, 1.82) is 0 Å². The lowest BCUT2D eigenvalue weighted by atomic mass is 10.1. The third kappa shape index (κ3) is 3.10. The molecule has 3 nitrogen and oxygen atoms in total. The molecule has 98 valence electrons. The van der Waals surface area contributed by atoms with E-state index in [0.717, 1.165) is 19.0 Å². The Bertz CT molecular complexity index is 377. The van der Waals surface area contributed by atoms with Crippen molar-refractivity contribution in [3.05, 3.63) is 35.9 Å². The smallest absolute Gasteiger partial charge is 0.0952 e. The minimum absolute atomic E-state index is 0.150. The van der Waals surface area contributed by atoms with Crippen LogP contribution in [-0.4, -0.2) is 37.2 Å². The number of benzene rings is 1. The van der Waals surface area contributed by atoms with Crippen LogP contribution in [0.4, 0.5) is 0 Å². The topological polar surface area (TPSA) is 38.5 Å². The van der Waals surface area contributed by atoms with Crippen molar-refractivity contribution in [1.82, 2.24) is 4.90 Å². The Hall–Kier alpha value is -0.900. The zero-order valence-electron chi connectivity index (χ0n) is 10.8. The van der Waals surface area contributed by atoms with E-state index in [1.54, 1.807) is 0 Å². The maximum absolute atomic E-state index is 6.09. The van der Waals surface area contributed by atoms with Crippen molar-refractivity contribution < 1.29 is 4.74 Å². The highest BCUT2D eigenvalue weighted by atomic mass is 16.5. The number of rotatable bonds is 3. The quantitative estimate of drug-likeness (QED) is 0.884. The third-order valence-corrected chi connectivity index (χ3v) is 3.81. The Morgan fingerprint density at radius 1 is 1.17 bits per heavy atom. The molecule has 2 fully saturated rings. The summed E-state index contributed by atoms with van der Waals surface area (Å²) in [5, 5.41) is 0. The first-order chi connectivity index (χ1) is 8.81. The van der Waals surface area contributed by atoms with Crippen LogP contribution in [0.25, 0.3) is 0 Å². The molecule has 1 heterocycles. The molecular formula is C15H22N2O. The number of hydrogen-bond acceptors (Lipinski definition) is 3. The average Bonchev–Trinajstić information content (AvgIpc) is 3.20. The molecule has 2 aliphatic rings. The number of nitrogens with two attached hydrogens (primary N) is 1. The fourth-order valence-electron chi connectivity index (χ4n) is 2.67. The fraction of sp³-hybridized carbons (Fsp3) is 0.600. The summed E-state index contributed by atoms with van der Waals surface area (Å²) in [5.41, 5.74) is 7.37. The predicted octanol–water partition coefficient (Wildman–Crippen LogP) is 1.80. The average molecular weight is 246 g/mol. The van der Waals surface area contributed by atoms with Gasteiger partial charge in [0.1, 0.15) is 0 Å². The van der Waals surface area contributed by atoms with Crippen LogP contribution in [0.3, 0.4) is 0 Å². The molecule has 1 aliphatic heterocycles. The maximum Gasteiger partial charge on any atom is 0.0952 e. The third-order valence-electron chi connectivity index (χ3n) is 3.81. The van der Waals surface area contributed by atoms with Crippen molar-refractivity contribution in [2.45, 2.75) is 25.0 Å². The predicted molar refractivity (Wildman–Crippen MR) is 72.3 cm³/mol. The van der Waals surface area contributed by atoms with Crippen molar-refractivity contribution in [2.75, 3.05) is 26.2 Å². The molecule has 1 aromatic rings. The molecule has 0 bridgehead atoms. The van der Waals surface area contributed by atoms with Gasteiger partial charge in [0.2, 0.25) is 0 Å². The van der Waals surface area contributed by atoms with Gasteiger partial charge in [0.05, 0.1) is 12.7 Å². The second-order valence-corrected chi connectivity index (χ2v) is 5.65. The molecule has 18 heavy (non-hydrogen) atoms. The van der Waals surface area contributed by atoms with Gasteiger partial charge in [-0.2, -0.15) is 0 Å². The largest absolute Gasteiger partial charge is 0.371 e. The summed E-state index contributed by atoms with van der Waals surface area (Å²) in [5.74, 6) is 0.909. The lowest BCUT2D eigenvalue weighted by molar-refractivity contribution is 0.0497. The van der Waals surface area contributed by atoms with Crippen LogP contribution < -0.4 is 5.73 Å². The standard InChI is InChI=1S/C15H22N2O/c16-14-9-17(8-12-6-7-12)10-15(18-11-14)13-4-2-1-3-5-13/h1-5,12,14-15H,6-11,16H2.